The molecule has 0 aromatic heterocycles. The smallest absolute Gasteiger partial charge is 0.146 e. The van der Waals surface area contributed by atoms with Crippen LogP contribution < -0.4 is 0 Å². The molecule has 1 aliphatic rings. The Hall–Kier alpha value is -2.59. The number of rotatable bonds is 6. The highest BCUT2D eigenvalue weighted by Crippen LogP contribution is 2.34. The lowest BCUT2D eigenvalue weighted by Gasteiger charge is -2.28. The third-order valence-electron chi connectivity index (χ3n) is 7.19. The summed E-state index contributed by atoms with van der Waals surface area (Å²) in [5.41, 5.74) is 3.89. The van der Waals surface area contributed by atoms with Crippen LogP contribution >= 0.6 is 0 Å². The Morgan fingerprint density at radius 1 is 0.844 bits per heavy atom. The van der Waals surface area contributed by atoms with Gasteiger partial charge >= 0.3 is 0 Å². The molecule has 32 heavy (non-hydrogen) atoms. The molecule has 0 nitrogen and oxygen atoms in total. The zero-order valence-corrected chi connectivity index (χ0v) is 19.6. The zero-order valence-electron chi connectivity index (χ0n) is 19.6. The first-order chi connectivity index (χ1) is 15.6. The number of benzene rings is 3. The molecule has 0 bridgehead atoms. The molecule has 3 aromatic carbocycles. The van der Waals surface area contributed by atoms with Crippen LogP contribution in [0.15, 0.2) is 54.6 Å². The van der Waals surface area contributed by atoms with Gasteiger partial charge in [-0.2, -0.15) is 0 Å². The molecular weight excluding hydrogens is 391 g/mol. The summed E-state index contributed by atoms with van der Waals surface area (Å²) in [5.74, 6) is 7.72. The van der Waals surface area contributed by atoms with Gasteiger partial charge in [0, 0.05) is 10.9 Å². The lowest BCUT2D eigenvalue weighted by molar-refractivity contribution is 0.250. The number of fused-ring (bicyclic) bond motifs is 1. The summed E-state index contributed by atoms with van der Waals surface area (Å²) in [6.45, 7) is 4.34. The minimum atomic E-state index is -0.209. The van der Waals surface area contributed by atoms with Crippen LogP contribution in [-0.4, -0.2) is 0 Å². The van der Waals surface area contributed by atoms with Gasteiger partial charge in [0.2, 0.25) is 0 Å². The summed E-state index contributed by atoms with van der Waals surface area (Å²) in [6.07, 6.45) is 12.1. The Kier molecular flexibility index (Phi) is 7.64. The van der Waals surface area contributed by atoms with Crippen molar-refractivity contribution in [2.45, 2.75) is 71.6 Å². The van der Waals surface area contributed by atoms with Gasteiger partial charge in [-0.15, -0.1) is 0 Å². The predicted molar refractivity (Wildman–Crippen MR) is 134 cm³/mol. The Bertz CT molecular complexity index is 1090. The van der Waals surface area contributed by atoms with Crippen LogP contribution in [0.4, 0.5) is 4.39 Å². The highest BCUT2D eigenvalue weighted by atomic mass is 19.1. The SMILES string of the molecule is CCCCC1CCC(CCc2ccc3c(F)c(C#Cc4ccc(C)cc4)ccc3c2)CC1. The molecular formula is C31H35F. The molecule has 1 aliphatic carbocycles. The molecule has 4 rings (SSSR count). The number of aryl methyl sites for hydroxylation is 2. The maximum Gasteiger partial charge on any atom is 0.146 e. The van der Waals surface area contributed by atoms with Crippen molar-refractivity contribution in [3.05, 3.63) is 82.7 Å². The van der Waals surface area contributed by atoms with Crippen molar-refractivity contribution in [2.24, 2.45) is 11.8 Å². The Morgan fingerprint density at radius 3 is 2.28 bits per heavy atom. The molecule has 1 fully saturated rings. The fourth-order valence-corrected chi connectivity index (χ4v) is 5.04. The molecule has 0 spiro atoms. The first kappa shape index (κ1) is 22.6. The van der Waals surface area contributed by atoms with Gasteiger partial charge in [0.1, 0.15) is 5.82 Å². The van der Waals surface area contributed by atoms with Crippen molar-refractivity contribution in [2.75, 3.05) is 0 Å². The van der Waals surface area contributed by atoms with Crippen LogP contribution in [0.2, 0.25) is 0 Å². The second kappa shape index (κ2) is 10.8. The van der Waals surface area contributed by atoms with Crippen molar-refractivity contribution in [3.8, 4) is 11.8 Å². The average Bonchev–Trinajstić information content (AvgIpc) is 2.82. The standard InChI is InChI=1S/C31H35F/c1-3-4-5-24-10-12-26(13-11-24)14-15-27-17-21-30-29(22-27)20-19-28(31(30)32)18-16-25-8-6-23(2)7-9-25/h6-9,17,19-22,24,26H,3-5,10-15H2,1-2H3. The van der Waals surface area contributed by atoms with Gasteiger partial charge < -0.3 is 0 Å². The van der Waals surface area contributed by atoms with Gasteiger partial charge in [0.05, 0.1) is 5.56 Å². The summed E-state index contributed by atoms with van der Waals surface area (Å²) in [5, 5.41) is 1.64. The Balaban J connectivity index is 1.39. The van der Waals surface area contributed by atoms with Gasteiger partial charge in [-0.1, -0.05) is 106 Å². The van der Waals surface area contributed by atoms with Crippen LogP contribution in [0.3, 0.4) is 0 Å². The molecule has 0 amide bonds. The maximum atomic E-state index is 15.1. The van der Waals surface area contributed by atoms with Crippen LogP contribution in [-0.2, 0) is 6.42 Å². The molecule has 166 valence electrons. The van der Waals surface area contributed by atoms with Crippen LogP contribution in [0.25, 0.3) is 10.8 Å². The van der Waals surface area contributed by atoms with E-state index < -0.39 is 0 Å². The van der Waals surface area contributed by atoms with E-state index in [1.807, 2.05) is 49.4 Å². The second-order valence-corrected chi connectivity index (χ2v) is 9.67. The van der Waals surface area contributed by atoms with Crippen LogP contribution in [0.5, 0.6) is 0 Å². The lowest BCUT2D eigenvalue weighted by Crippen LogP contribution is -2.15. The summed E-state index contributed by atoms with van der Waals surface area (Å²) < 4.78 is 15.1. The first-order valence-corrected chi connectivity index (χ1v) is 12.4. The van der Waals surface area contributed by atoms with Gasteiger partial charge in [-0.3, -0.25) is 0 Å². The minimum absolute atomic E-state index is 0.209. The molecule has 1 saturated carbocycles. The third kappa shape index (κ3) is 5.80. The lowest BCUT2D eigenvalue weighted by atomic mass is 9.78. The third-order valence-corrected chi connectivity index (χ3v) is 7.19. The van der Waals surface area contributed by atoms with E-state index in [2.05, 4.69) is 30.9 Å². The molecule has 0 radical (unpaired) electrons. The van der Waals surface area contributed by atoms with Gasteiger partial charge in [0.15, 0.2) is 0 Å². The van der Waals surface area contributed by atoms with Crippen molar-refractivity contribution in [3.63, 3.8) is 0 Å². The monoisotopic (exact) mass is 426 g/mol. The van der Waals surface area contributed by atoms with Crippen molar-refractivity contribution in [1.29, 1.82) is 0 Å². The maximum absolute atomic E-state index is 15.1. The van der Waals surface area contributed by atoms with Gasteiger partial charge in [-0.05, 0) is 60.7 Å². The van der Waals surface area contributed by atoms with Gasteiger partial charge in [0.25, 0.3) is 0 Å². The fourth-order valence-electron chi connectivity index (χ4n) is 5.04. The molecule has 0 N–H and O–H groups in total. The molecule has 0 atom stereocenters. The van der Waals surface area contributed by atoms with E-state index in [1.165, 1.54) is 62.5 Å². The summed E-state index contributed by atoms with van der Waals surface area (Å²) in [7, 11) is 0. The summed E-state index contributed by atoms with van der Waals surface area (Å²) in [4.78, 5) is 0. The molecule has 0 aliphatic heterocycles. The first-order valence-electron chi connectivity index (χ1n) is 12.4. The van der Waals surface area contributed by atoms with Crippen LogP contribution in [0.1, 0.15) is 80.5 Å². The molecule has 0 saturated heterocycles. The van der Waals surface area contributed by atoms with E-state index in [9.17, 15) is 0 Å². The molecule has 0 unspecified atom stereocenters. The number of unbranched alkanes of at least 4 members (excludes halogenated alkanes) is 1. The van der Waals surface area contributed by atoms with E-state index in [0.717, 1.165) is 29.2 Å². The van der Waals surface area contributed by atoms with Gasteiger partial charge in [-0.25, -0.2) is 4.39 Å². The number of hydrogen-bond acceptors (Lipinski definition) is 0. The van der Waals surface area contributed by atoms with Crippen molar-refractivity contribution in [1.82, 2.24) is 0 Å². The highest BCUT2D eigenvalue weighted by Gasteiger charge is 2.20. The highest BCUT2D eigenvalue weighted by molar-refractivity contribution is 5.85. The zero-order chi connectivity index (χ0) is 22.3. The largest absolute Gasteiger partial charge is 0.205 e. The Labute approximate surface area is 193 Å². The van der Waals surface area contributed by atoms with E-state index in [0.29, 0.717) is 10.9 Å². The van der Waals surface area contributed by atoms with Crippen LogP contribution in [0, 0.1) is 36.4 Å². The normalized spacial score (nSPS) is 18.3. The van der Waals surface area contributed by atoms with E-state index in [4.69, 9.17) is 0 Å². The van der Waals surface area contributed by atoms with Crippen molar-refractivity contribution < 1.29 is 4.39 Å². The average molecular weight is 427 g/mol. The number of hydrogen-bond donors (Lipinski definition) is 0. The molecule has 0 heterocycles. The fraction of sp³-hybridized carbons (Fsp3) is 0.419. The second-order valence-electron chi connectivity index (χ2n) is 9.67. The van der Waals surface area contributed by atoms with E-state index >= 15 is 4.39 Å². The molecule has 1 heteroatoms. The molecule has 3 aromatic rings. The topological polar surface area (TPSA) is 0 Å². The van der Waals surface area contributed by atoms with E-state index in [-0.39, 0.29) is 5.82 Å². The number of halogens is 1. The Morgan fingerprint density at radius 2 is 1.56 bits per heavy atom. The van der Waals surface area contributed by atoms with Crippen molar-refractivity contribution >= 4 is 10.8 Å². The summed E-state index contributed by atoms with van der Waals surface area (Å²) >= 11 is 0. The quantitative estimate of drug-likeness (QED) is 0.346. The predicted octanol–water partition coefficient (Wildman–Crippen LogP) is 8.62. The summed E-state index contributed by atoms with van der Waals surface area (Å²) in [6, 6.07) is 18.1. The van der Waals surface area contributed by atoms with E-state index in [1.54, 1.807) is 0 Å². The minimum Gasteiger partial charge on any atom is -0.205 e.